The second-order valence-corrected chi connectivity index (χ2v) is 12.9. The van der Waals surface area contributed by atoms with E-state index in [-0.39, 0.29) is 33.8 Å². The first-order chi connectivity index (χ1) is 27.4. The van der Waals surface area contributed by atoms with Crippen molar-refractivity contribution in [3.8, 4) is 11.5 Å². The van der Waals surface area contributed by atoms with Crippen LogP contribution in [0.3, 0.4) is 0 Å². The lowest BCUT2D eigenvalue weighted by atomic mass is 9.83. The first-order valence-electron chi connectivity index (χ1n) is 17.4. The van der Waals surface area contributed by atoms with Crippen molar-refractivity contribution in [1.82, 2.24) is 0 Å². The van der Waals surface area contributed by atoms with Crippen LogP contribution in [0.5, 0.6) is 11.5 Å². The summed E-state index contributed by atoms with van der Waals surface area (Å²) in [7, 11) is 0. The second kappa shape index (κ2) is 17.6. The average molecular weight is 785 g/mol. The Morgan fingerprint density at radius 2 is 1.26 bits per heavy atom. The van der Waals surface area contributed by atoms with Gasteiger partial charge in [-0.2, -0.15) is 0 Å². The van der Waals surface area contributed by atoms with Gasteiger partial charge < -0.3 is 54.0 Å². The summed E-state index contributed by atoms with van der Waals surface area (Å²) in [6.07, 6.45) is -11.2. The summed E-state index contributed by atoms with van der Waals surface area (Å²) in [4.78, 5) is 64.9. The molecule has 0 radical (unpaired) electrons. The van der Waals surface area contributed by atoms with Crippen LogP contribution in [0.1, 0.15) is 36.6 Å². The van der Waals surface area contributed by atoms with Gasteiger partial charge in [-0.25, -0.2) is 19.2 Å². The number of rotatable bonds is 12. The number of carbonyl (C=O) groups excluding carboxylic acids is 5. The maximum absolute atomic E-state index is 13.5. The number of esters is 4. The van der Waals surface area contributed by atoms with Crippen LogP contribution in [-0.2, 0) is 39.9 Å². The predicted octanol–water partition coefficient (Wildman–Crippen LogP) is 1.80. The van der Waals surface area contributed by atoms with E-state index in [0.29, 0.717) is 0 Å². The van der Waals surface area contributed by atoms with Gasteiger partial charge in [0.05, 0.1) is 16.7 Å². The fourth-order valence-corrected chi connectivity index (χ4v) is 5.96. The van der Waals surface area contributed by atoms with Crippen LogP contribution in [0, 0.1) is 0 Å². The molecule has 1 heterocycles. The van der Waals surface area contributed by atoms with Crippen LogP contribution in [0.2, 0.25) is 0 Å². The Kier molecular flexibility index (Phi) is 12.4. The molecule has 1 saturated heterocycles. The van der Waals surface area contributed by atoms with E-state index < -0.39 is 91.4 Å². The fraction of sp³-hybridized carbons (Fsp3) is 0.244. The third-order valence-electron chi connectivity index (χ3n) is 9.04. The largest absolute Gasteiger partial charge is 0.508 e. The van der Waals surface area contributed by atoms with Crippen LogP contribution in [-0.4, -0.2) is 110 Å². The molecule has 0 unspecified atom stereocenters. The highest BCUT2D eigenvalue weighted by Crippen LogP contribution is 2.33. The summed E-state index contributed by atoms with van der Waals surface area (Å²) in [5.41, 5.74) is -2.94. The second-order valence-electron chi connectivity index (χ2n) is 12.9. The van der Waals surface area contributed by atoms with Gasteiger partial charge in [-0.05, 0) is 66.7 Å². The number of aliphatic hydroxyl groups is 4. The number of hydrogen-bond donors (Lipinski definition) is 5. The number of ether oxygens (including phenoxy) is 6. The van der Waals surface area contributed by atoms with Crippen molar-refractivity contribution < 1.29 is 77.9 Å². The predicted molar refractivity (Wildman–Crippen MR) is 192 cm³/mol. The first kappa shape index (κ1) is 40.2. The smallest absolute Gasteiger partial charge is 0.346 e. The lowest BCUT2D eigenvalue weighted by Crippen LogP contribution is -2.63. The highest BCUT2D eigenvalue weighted by Gasteiger charge is 2.58. The van der Waals surface area contributed by atoms with Crippen molar-refractivity contribution in [2.75, 3.05) is 6.61 Å². The third-order valence-corrected chi connectivity index (χ3v) is 9.04. The third kappa shape index (κ3) is 9.01. The molecular weight excluding hydrogens is 748 g/mol. The zero-order chi connectivity index (χ0) is 40.7. The summed E-state index contributed by atoms with van der Waals surface area (Å²) >= 11 is 0. The summed E-state index contributed by atoms with van der Waals surface area (Å²) in [5.74, 6) is -5.92. The molecule has 5 N–H and O–H groups in total. The van der Waals surface area contributed by atoms with Gasteiger partial charge in [0.2, 0.25) is 18.0 Å². The van der Waals surface area contributed by atoms with E-state index in [1.807, 2.05) is 0 Å². The van der Waals surface area contributed by atoms with E-state index in [1.54, 1.807) is 42.5 Å². The Morgan fingerprint density at radius 1 is 0.702 bits per heavy atom. The summed E-state index contributed by atoms with van der Waals surface area (Å²) in [5, 5.41) is 54.8. The molecule has 16 nitrogen and oxygen atoms in total. The van der Waals surface area contributed by atoms with E-state index in [0.717, 1.165) is 24.3 Å². The maximum atomic E-state index is 13.5. The van der Waals surface area contributed by atoms with Crippen molar-refractivity contribution in [3.63, 3.8) is 0 Å². The number of ketones is 1. The number of phenolic OH excluding ortho intramolecular Hbond substituents is 1. The van der Waals surface area contributed by atoms with Crippen LogP contribution in [0.4, 0.5) is 0 Å². The molecule has 8 atom stereocenters. The molecule has 0 amide bonds. The maximum Gasteiger partial charge on any atom is 0.346 e. The standard InChI is InChI=1S/C41H36O16/c42-27-16-18-29(26(20-27)21-53-40(50)41(51)31(44)19-17-28(43)35(41)57-38(49)25-14-8-3-9-15-25)54-39-33(46)32(45)34(56-37(48)24-12-6-2-7-13-24)30(55-39)22-52-36(47)23-10-4-1-5-11-23/h1-20,30-35,39,42,44-46,51H,21-22H2/t30-,31+,32-,33-,34-,35-,39-,41+/m0/s1. The fourth-order valence-electron chi connectivity index (χ4n) is 5.96. The summed E-state index contributed by atoms with van der Waals surface area (Å²) in [6, 6.07) is 26.5. The van der Waals surface area contributed by atoms with E-state index in [4.69, 9.17) is 28.4 Å². The van der Waals surface area contributed by atoms with Crippen molar-refractivity contribution in [2.45, 2.75) is 55.1 Å². The van der Waals surface area contributed by atoms with Gasteiger partial charge in [0.15, 0.2) is 11.9 Å². The van der Waals surface area contributed by atoms with Gasteiger partial charge >= 0.3 is 23.9 Å². The van der Waals surface area contributed by atoms with Gasteiger partial charge in [0, 0.05) is 5.56 Å². The molecule has 1 aliphatic carbocycles. The Balaban J connectivity index is 1.20. The first-order valence-corrected chi connectivity index (χ1v) is 17.4. The molecule has 0 spiro atoms. The minimum Gasteiger partial charge on any atom is -0.508 e. The van der Waals surface area contributed by atoms with Crippen molar-refractivity contribution >= 4 is 29.7 Å². The molecule has 1 aliphatic heterocycles. The number of carbonyl (C=O) groups is 5. The summed E-state index contributed by atoms with van der Waals surface area (Å²) < 4.78 is 33.2. The Hall–Kier alpha value is -6.43. The number of phenols is 1. The van der Waals surface area contributed by atoms with Crippen LogP contribution in [0.15, 0.2) is 121 Å². The molecule has 0 aromatic heterocycles. The molecule has 4 aromatic carbocycles. The molecule has 2 aliphatic rings. The normalized spacial score (nSPS) is 25.5. The van der Waals surface area contributed by atoms with Gasteiger partial charge in [0.1, 0.15) is 49.1 Å². The van der Waals surface area contributed by atoms with Gasteiger partial charge in [-0.15, -0.1) is 0 Å². The Morgan fingerprint density at radius 3 is 1.86 bits per heavy atom. The Bertz CT molecular complexity index is 2110. The molecule has 6 rings (SSSR count). The quantitative estimate of drug-likeness (QED) is 0.102. The number of aliphatic hydroxyl groups excluding tert-OH is 3. The zero-order valence-corrected chi connectivity index (χ0v) is 29.7. The van der Waals surface area contributed by atoms with E-state index in [1.165, 1.54) is 54.6 Å². The zero-order valence-electron chi connectivity index (χ0n) is 29.7. The lowest BCUT2D eigenvalue weighted by Gasteiger charge is -2.41. The lowest BCUT2D eigenvalue weighted by molar-refractivity contribution is -0.276. The number of benzene rings is 4. The average Bonchev–Trinajstić information content (AvgIpc) is 3.23. The van der Waals surface area contributed by atoms with Gasteiger partial charge in [-0.1, -0.05) is 54.6 Å². The van der Waals surface area contributed by atoms with Gasteiger partial charge in [-0.3, -0.25) is 4.79 Å². The number of aromatic hydroxyl groups is 1. The molecule has 0 bridgehead atoms. The minimum absolute atomic E-state index is 0.0129. The Labute approximate surface area is 324 Å². The molecule has 16 heteroatoms. The number of hydrogen-bond acceptors (Lipinski definition) is 16. The van der Waals surface area contributed by atoms with Gasteiger partial charge in [0.25, 0.3) is 0 Å². The topological polar surface area (TPSA) is 242 Å². The van der Waals surface area contributed by atoms with Crippen molar-refractivity contribution in [3.05, 3.63) is 144 Å². The van der Waals surface area contributed by atoms with Crippen LogP contribution >= 0.6 is 0 Å². The molecule has 1 fully saturated rings. The molecule has 0 saturated carbocycles. The minimum atomic E-state index is -3.11. The van der Waals surface area contributed by atoms with E-state index in [2.05, 4.69) is 0 Å². The van der Waals surface area contributed by atoms with Crippen molar-refractivity contribution in [2.24, 2.45) is 0 Å². The molecule has 4 aromatic rings. The van der Waals surface area contributed by atoms with E-state index in [9.17, 15) is 49.5 Å². The van der Waals surface area contributed by atoms with Crippen molar-refractivity contribution in [1.29, 1.82) is 0 Å². The molecule has 296 valence electrons. The van der Waals surface area contributed by atoms with Crippen LogP contribution < -0.4 is 4.74 Å². The highest BCUT2D eigenvalue weighted by molar-refractivity contribution is 6.03. The molecular formula is C41H36O16. The highest BCUT2D eigenvalue weighted by atomic mass is 16.7. The monoisotopic (exact) mass is 784 g/mol. The summed E-state index contributed by atoms with van der Waals surface area (Å²) in [6.45, 7) is -1.40. The molecule has 57 heavy (non-hydrogen) atoms. The SMILES string of the molecule is O=C(OC[C@@H]1O[C@H](Oc2ccc(O)cc2COC(=O)[C@@]2(O)[C@H](O)C=CC(=O)[C@@H]2OC(=O)c2ccccc2)[C@@H](O)[C@H](O)[C@H]1OC(=O)c1ccccc1)c1ccccc1. The van der Waals surface area contributed by atoms with E-state index >= 15 is 0 Å². The van der Waals surface area contributed by atoms with Crippen LogP contribution in [0.25, 0.3) is 0 Å².